The first-order chi connectivity index (χ1) is 8.90. The molecule has 2 rings (SSSR count). The standard InChI is InChI=1S/C10H9BrN2O5S/c11-9-8(3-7(18-9)10(14)15)19(16,17)13-5-6-1-2-12-4-6/h1-4,12-13H,5H2,(H,14,15). The van der Waals surface area contributed by atoms with Gasteiger partial charge in [0.1, 0.15) is 4.90 Å². The fraction of sp³-hybridized carbons (Fsp3) is 0.100. The molecule has 0 aliphatic rings. The number of carboxylic acid groups (broad SMARTS) is 1. The van der Waals surface area contributed by atoms with E-state index in [9.17, 15) is 13.2 Å². The smallest absolute Gasteiger partial charge is 0.371 e. The zero-order valence-electron chi connectivity index (χ0n) is 9.38. The first-order valence-electron chi connectivity index (χ1n) is 5.04. The second-order valence-electron chi connectivity index (χ2n) is 3.60. The number of aromatic carboxylic acids is 1. The molecule has 0 fully saturated rings. The lowest BCUT2D eigenvalue weighted by molar-refractivity contribution is 0.0661. The molecule has 2 aromatic rings. The lowest BCUT2D eigenvalue weighted by atomic mass is 10.4. The van der Waals surface area contributed by atoms with E-state index in [-0.39, 0.29) is 16.1 Å². The third kappa shape index (κ3) is 3.06. The molecule has 0 saturated heterocycles. The predicted molar refractivity (Wildman–Crippen MR) is 68.2 cm³/mol. The van der Waals surface area contributed by atoms with Crippen LogP contribution in [0.4, 0.5) is 0 Å². The molecule has 0 bridgehead atoms. The summed E-state index contributed by atoms with van der Waals surface area (Å²) in [6.45, 7) is 0.0891. The third-order valence-electron chi connectivity index (χ3n) is 2.28. The molecule has 0 aromatic carbocycles. The second kappa shape index (κ2) is 5.19. The van der Waals surface area contributed by atoms with Gasteiger partial charge in [0.05, 0.1) is 0 Å². The summed E-state index contributed by atoms with van der Waals surface area (Å²) in [5.41, 5.74) is 0.752. The van der Waals surface area contributed by atoms with Gasteiger partial charge in [0.15, 0.2) is 4.67 Å². The Hall–Kier alpha value is -1.58. The molecular formula is C10H9BrN2O5S. The van der Waals surface area contributed by atoms with Gasteiger partial charge in [-0.05, 0) is 27.6 Å². The highest BCUT2D eigenvalue weighted by Crippen LogP contribution is 2.26. The van der Waals surface area contributed by atoms with Crippen LogP contribution in [0.5, 0.6) is 0 Å². The molecule has 0 amide bonds. The molecule has 0 radical (unpaired) electrons. The maximum absolute atomic E-state index is 12.0. The van der Waals surface area contributed by atoms with E-state index in [4.69, 9.17) is 9.52 Å². The molecule has 7 nitrogen and oxygen atoms in total. The fourth-order valence-corrected chi connectivity index (χ4v) is 3.32. The maximum atomic E-state index is 12.0. The van der Waals surface area contributed by atoms with Gasteiger partial charge in [-0.25, -0.2) is 17.9 Å². The number of nitrogens with one attached hydrogen (secondary N) is 2. The number of carbonyl (C=O) groups is 1. The number of aromatic amines is 1. The van der Waals surface area contributed by atoms with Crippen molar-refractivity contribution in [2.24, 2.45) is 0 Å². The number of aromatic nitrogens is 1. The van der Waals surface area contributed by atoms with E-state index in [1.165, 1.54) is 0 Å². The van der Waals surface area contributed by atoms with Crippen LogP contribution in [-0.4, -0.2) is 24.5 Å². The Labute approximate surface area is 116 Å². The van der Waals surface area contributed by atoms with Crippen molar-refractivity contribution in [2.75, 3.05) is 0 Å². The minimum atomic E-state index is -3.85. The molecule has 19 heavy (non-hydrogen) atoms. The van der Waals surface area contributed by atoms with Crippen molar-refractivity contribution in [1.29, 1.82) is 0 Å². The Morgan fingerprint density at radius 2 is 2.26 bits per heavy atom. The molecule has 0 aliphatic carbocycles. The number of carboxylic acids is 1. The van der Waals surface area contributed by atoms with Crippen molar-refractivity contribution in [1.82, 2.24) is 9.71 Å². The number of halogens is 1. The number of H-pyrrole nitrogens is 1. The number of hydrogen-bond donors (Lipinski definition) is 3. The molecule has 9 heteroatoms. The monoisotopic (exact) mass is 348 g/mol. The van der Waals surface area contributed by atoms with Crippen molar-refractivity contribution < 1.29 is 22.7 Å². The Balaban J connectivity index is 2.22. The summed E-state index contributed by atoms with van der Waals surface area (Å²) in [4.78, 5) is 13.3. The van der Waals surface area contributed by atoms with Gasteiger partial charge in [-0.2, -0.15) is 0 Å². The lowest BCUT2D eigenvalue weighted by Crippen LogP contribution is -2.22. The van der Waals surface area contributed by atoms with Crippen molar-refractivity contribution in [3.05, 3.63) is 40.5 Å². The molecule has 2 aromatic heterocycles. The van der Waals surface area contributed by atoms with Crippen LogP contribution in [0.3, 0.4) is 0 Å². The molecule has 3 N–H and O–H groups in total. The van der Waals surface area contributed by atoms with Crippen LogP contribution in [0.25, 0.3) is 0 Å². The SMILES string of the molecule is O=C(O)c1cc(S(=O)(=O)NCc2cc[nH]c2)c(Br)o1. The Morgan fingerprint density at radius 1 is 1.53 bits per heavy atom. The summed E-state index contributed by atoms with van der Waals surface area (Å²) < 4.78 is 30.9. The molecule has 0 aliphatic heterocycles. The van der Waals surface area contributed by atoms with Gasteiger partial charge < -0.3 is 14.5 Å². The Kier molecular flexibility index (Phi) is 3.78. The minimum absolute atomic E-state index is 0.0891. The molecule has 102 valence electrons. The van der Waals surface area contributed by atoms with Gasteiger partial charge >= 0.3 is 5.97 Å². The molecule has 0 atom stereocenters. The zero-order valence-corrected chi connectivity index (χ0v) is 11.8. The molecule has 2 heterocycles. The van der Waals surface area contributed by atoms with Crippen molar-refractivity contribution in [3.63, 3.8) is 0 Å². The van der Waals surface area contributed by atoms with Crippen LogP contribution >= 0.6 is 15.9 Å². The van der Waals surface area contributed by atoms with E-state index in [1.54, 1.807) is 18.5 Å². The number of rotatable bonds is 5. The molecule has 0 saturated carbocycles. The van der Waals surface area contributed by atoms with Gasteiger partial charge in [0, 0.05) is 25.0 Å². The van der Waals surface area contributed by atoms with E-state index in [0.717, 1.165) is 11.6 Å². The van der Waals surface area contributed by atoms with Crippen LogP contribution in [0.15, 0.2) is 38.5 Å². The molecule has 0 unspecified atom stereocenters. The first-order valence-corrected chi connectivity index (χ1v) is 7.32. The van der Waals surface area contributed by atoms with Crippen LogP contribution in [0.2, 0.25) is 0 Å². The molecule has 0 spiro atoms. The highest BCUT2D eigenvalue weighted by molar-refractivity contribution is 9.10. The zero-order chi connectivity index (χ0) is 14.0. The van der Waals surface area contributed by atoms with Crippen LogP contribution < -0.4 is 4.72 Å². The van der Waals surface area contributed by atoms with Gasteiger partial charge in [-0.15, -0.1) is 0 Å². The summed E-state index contributed by atoms with van der Waals surface area (Å²) in [6.07, 6.45) is 3.32. The van der Waals surface area contributed by atoms with E-state index in [0.29, 0.717) is 0 Å². The predicted octanol–water partition coefficient (Wildman–Crippen LogP) is 1.55. The third-order valence-corrected chi connectivity index (χ3v) is 4.54. The summed E-state index contributed by atoms with van der Waals surface area (Å²) in [6, 6.07) is 2.67. The quantitative estimate of drug-likeness (QED) is 0.758. The van der Waals surface area contributed by atoms with Crippen LogP contribution in [-0.2, 0) is 16.6 Å². The Bertz CT molecular complexity index is 690. The number of sulfonamides is 1. The Morgan fingerprint density at radius 3 is 2.79 bits per heavy atom. The topological polar surface area (TPSA) is 112 Å². The van der Waals surface area contributed by atoms with Crippen molar-refractivity contribution in [2.45, 2.75) is 11.4 Å². The summed E-state index contributed by atoms with van der Waals surface area (Å²) in [5.74, 6) is -1.79. The fourth-order valence-electron chi connectivity index (χ4n) is 1.37. The van der Waals surface area contributed by atoms with E-state index in [2.05, 4.69) is 25.6 Å². The van der Waals surface area contributed by atoms with Gasteiger partial charge in [0.2, 0.25) is 15.8 Å². The summed E-state index contributed by atoms with van der Waals surface area (Å²) in [7, 11) is -3.85. The number of furan rings is 1. The second-order valence-corrected chi connectivity index (χ2v) is 6.05. The highest BCUT2D eigenvalue weighted by Gasteiger charge is 2.24. The normalized spacial score (nSPS) is 11.6. The van der Waals surface area contributed by atoms with Gasteiger partial charge in [-0.1, -0.05) is 0 Å². The molecular weight excluding hydrogens is 340 g/mol. The van der Waals surface area contributed by atoms with E-state index >= 15 is 0 Å². The largest absolute Gasteiger partial charge is 0.475 e. The van der Waals surface area contributed by atoms with Gasteiger partial charge in [0.25, 0.3) is 0 Å². The van der Waals surface area contributed by atoms with Gasteiger partial charge in [-0.3, -0.25) is 0 Å². The highest BCUT2D eigenvalue weighted by atomic mass is 79.9. The van der Waals surface area contributed by atoms with Crippen molar-refractivity contribution >= 4 is 31.9 Å². The minimum Gasteiger partial charge on any atom is -0.475 e. The van der Waals surface area contributed by atoms with Crippen molar-refractivity contribution in [3.8, 4) is 0 Å². The first kappa shape index (κ1) is 13.8. The van der Waals surface area contributed by atoms with Crippen LogP contribution in [0, 0.1) is 0 Å². The summed E-state index contributed by atoms with van der Waals surface area (Å²) in [5, 5.41) is 8.73. The van der Waals surface area contributed by atoms with Crippen LogP contribution in [0.1, 0.15) is 16.1 Å². The van der Waals surface area contributed by atoms with E-state index < -0.39 is 21.8 Å². The number of hydrogen-bond acceptors (Lipinski definition) is 4. The average Bonchev–Trinajstić information content (AvgIpc) is 2.95. The van der Waals surface area contributed by atoms with E-state index in [1.807, 2.05) is 0 Å². The average molecular weight is 349 g/mol. The summed E-state index contributed by atoms with van der Waals surface area (Å²) >= 11 is 2.88. The lowest BCUT2D eigenvalue weighted by Gasteiger charge is -2.03. The maximum Gasteiger partial charge on any atom is 0.371 e.